The molecule has 1 saturated heterocycles. The van der Waals surface area contributed by atoms with E-state index in [1.54, 1.807) is 20.8 Å². The average molecular weight is 307 g/mol. The van der Waals surface area contributed by atoms with Gasteiger partial charge in [-0.3, -0.25) is 14.5 Å². The average Bonchev–Trinajstić information content (AvgIpc) is 2.79. The number of likely N-dealkylation sites (tertiary alicyclic amines) is 1. The summed E-state index contributed by atoms with van der Waals surface area (Å²) in [4.78, 5) is 37.5. The van der Waals surface area contributed by atoms with Gasteiger partial charge in [-0.15, -0.1) is 0 Å². The van der Waals surface area contributed by atoms with Crippen LogP contribution in [0.1, 0.15) is 31.1 Å². The molecule has 1 unspecified atom stereocenters. The van der Waals surface area contributed by atoms with Crippen molar-refractivity contribution in [1.29, 1.82) is 0 Å². The first kappa shape index (κ1) is 16.1. The molecule has 118 valence electrons. The molecule has 0 aliphatic carbocycles. The fourth-order valence-electron chi connectivity index (χ4n) is 2.20. The molecular formula is C16H18FNO4. The zero-order chi connectivity index (χ0) is 16.5. The van der Waals surface area contributed by atoms with Crippen molar-refractivity contribution < 1.29 is 23.5 Å². The van der Waals surface area contributed by atoms with Gasteiger partial charge in [0.05, 0.1) is 6.54 Å². The van der Waals surface area contributed by atoms with Gasteiger partial charge in [-0.25, -0.2) is 9.18 Å². The molecule has 0 bridgehead atoms. The molecule has 1 heterocycles. The fourth-order valence-corrected chi connectivity index (χ4v) is 2.20. The number of benzene rings is 1. The van der Waals surface area contributed by atoms with Crippen molar-refractivity contribution >= 4 is 17.7 Å². The predicted octanol–water partition coefficient (Wildman–Crippen LogP) is 2.44. The molecule has 1 amide bonds. The number of Topliss-reactive ketones (excluding diaryl/α,β-unsaturated/α-hetero) is 2. The first-order valence-corrected chi connectivity index (χ1v) is 6.98. The lowest BCUT2D eigenvalue weighted by Gasteiger charge is -2.23. The Morgan fingerprint density at radius 2 is 1.82 bits per heavy atom. The van der Waals surface area contributed by atoms with Crippen molar-refractivity contribution in [3.05, 3.63) is 35.6 Å². The number of carbonyl (C=O) groups is 3. The van der Waals surface area contributed by atoms with Crippen LogP contribution >= 0.6 is 0 Å². The van der Waals surface area contributed by atoms with Crippen LogP contribution in [0.15, 0.2) is 24.3 Å². The van der Waals surface area contributed by atoms with Gasteiger partial charge in [-0.1, -0.05) is 0 Å². The second kappa shape index (κ2) is 5.87. The summed E-state index contributed by atoms with van der Waals surface area (Å²) in [7, 11) is 0. The first-order chi connectivity index (χ1) is 10.2. The van der Waals surface area contributed by atoms with Crippen LogP contribution in [0.4, 0.5) is 9.18 Å². The van der Waals surface area contributed by atoms with E-state index in [0.717, 1.165) is 12.1 Å². The number of amides is 1. The van der Waals surface area contributed by atoms with Crippen LogP contribution in [0.2, 0.25) is 0 Å². The standard InChI is InChI=1S/C16H18FNO4/c1-16(2,3)22-15(21)18-8-12(13(19)9-18)14(20)10-4-6-11(17)7-5-10/h4-7,12H,8-9H2,1-3H3. The molecule has 5 nitrogen and oxygen atoms in total. The minimum Gasteiger partial charge on any atom is -0.444 e. The molecule has 0 saturated carbocycles. The van der Waals surface area contributed by atoms with Gasteiger partial charge < -0.3 is 4.74 Å². The summed E-state index contributed by atoms with van der Waals surface area (Å²) in [5.41, 5.74) is -0.412. The summed E-state index contributed by atoms with van der Waals surface area (Å²) in [6.45, 7) is 5.02. The molecule has 0 radical (unpaired) electrons. The number of ether oxygens (including phenoxy) is 1. The number of hydrogen-bond acceptors (Lipinski definition) is 4. The first-order valence-electron chi connectivity index (χ1n) is 6.98. The van der Waals surface area contributed by atoms with Crippen LogP contribution < -0.4 is 0 Å². The zero-order valence-corrected chi connectivity index (χ0v) is 12.8. The number of rotatable bonds is 2. The van der Waals surface area contributed by atoms with E-state index in [4.69, 9.17) is 4.74 Å². The van der Waals surface area contributed by atoms with E-state index in [1.807, 2.05) is 0 Å². The maximum absolute atomic E-state index is 12.9. The van der Waals surface area contributed by atoms with Crippen molar-refractivity contribution in [2.45, 2.75) is 26.4 Å². The van der Waals surface area contributed by atoms with Gasteiger partial charge in [0, 0.05) is 12.1 Å². The summed E-state index contributed by atoms with van der Waals surface area (Å²) in [6.07, 6.45) is -0.616. The zero-order valence-electron chi connectivity index (χ0n) is 12.8. The van der Waals surface area contributed by atoms with Crippen molar-refractivity contribution in [1.82, 2.24) is 4.90 Å². The van der Waals surface area contributed by atoms with Crippen molar-refractivity contribution in [2.75, 3.05) is 13.1 Å². The van der Waals surface area contributed by atoms with E-state index in [-0.39, 0.29) is 24.4 Å². The number of hydrogen-bond donors (Lipinski definition) is 0. The Bertz CT molecular complexity index is 604. The monoisotopic (exact) mass is 307 g/mol. The van der Waals surface area contributed by atoms with Crippen LogP contribution in [-0.4, -0.2) is 41.3 Å². The number of nitrogens with zero attached hydrogens (tertiary/aromatic N) is 1. The molecule has 1 fully saturated rings. The van der Waals surface area contributed by atoms with Gasteiger partial charge in [-0.2, -0.15) is 0 Å². The van der Waals surface area contributed by atoms with Crippen molar-refractivity contribution in [3.63, 3.8) is 0 Å². The highest BCUT2D eigenvalue weighted by molar-refractivity contribution is 6.13. The Morgan fingerprint density at radius 1 is 1.23 bits per heavy atom. The van der Waals surface area contributed by atoms with Gasteiger partial charge in [0.2, 0.25) is 0 Å². The van der Waals surface area contributed by atoms with E-state index >= 15 is 0 Å². The molecule has 1 aliphatic heterocycles. The maximum Gasteiger partial charge on any atom is 0.410 e. The van der Waals surface area contributed by atoms with Crippen molar-refractivity contribution in [3.8, 4) is 0 Å². The van der Waals surface area contributed by atoms with E-state index in [9.17, 15) is 18.8 Å². The second-order valence-corrected chi connectivity index (χ2v) is 6.25. The third-order valence-electron chi connectivity index (χ3n) is 3.24. The van der Waals surface area contributed by atoms with Crippen LogP contribution in [0.5, 0.6) is 0 Å². The lowest BCUT2D eigenvalue weighted by atomic mass is 9.96. The van der Waals surface area contributed by atoms with Crippen molar-refractivity contribution in [2.24, 2.45) is 5.92 Å². The molecule has 0 N–H and O–H groups in total. The molecule has 6 heteroatoms. The molecule has 2 rings (SSSR count). The lowest BCUT2D eigenvalue weighted by Crippen LogP contribution is -2.36. The molecule has 0 aromatic heterocycles. The highest BCUT2D eigenvalue weighted by Crippen LogP contribution is 2.21. The minimum atomic E-state index is -0.919. The summed E-state index contributed by atoms with van der Waals surface area (Å²) >= 11 is 0. The van der Waals surface area contributed by atoms with Gasteiger partial charge in [0.25, 0.3) is 0 Å². The van der Waals surface area contributed by atoms with E-state index < -0.39 is 29.2 Å². The van der Waals surface area contributed by atoms with Gasteiger partial charge in [0.1, 0.15) is 17.3 Å². The van der Waals surface area contributed by atoms with E-state index in [0.29, 0.717) is 0 Å². The molecule has 1 aliphatic rings. The molecule has 1 aromatic rings. The number of halogens is 1. The highest BCUT2D eigenvalue weighted by atomic mass is 19.1. The second-order valence-electron chi connectivity index (χ2n) is 6.25. The van der Waals surface area contributed by atoms with Gasteiger partial charge in [0.15, 0.2) is 11.6 Å². The molecular weight excluding hydrogens is 289 g/mol. The molecule has 1 atom stereocenters. The van der Waals surface area contributed by atoms with E-state index in [2.05, 4.69) is 0 Å². The fraction of sp³-hybridized carbons (Fsp3) is 0.438. The van der Waals surface area contributed by atoms with Crippen LogP contribution in [0.25, 0.3) is 0 Å². The number of carbonyl (C=O) groups excluding carboxylic acids is 3. The minimum absolute atomic E-state index is 0.00996. The quantitative estimate of drug-likeness (QED) is 0.622. The Labute approximate surface area is 128 Å². The van der Waals surface area contributed by atoms with Crippen LogP contribution in [0.3, 0.4) is 0 Å². The van der Waals surface area contributed by atoms with Gasteiger partial charge in [-0.05, 0) is 45.0 Å². The predicted molar refractivity (Wildman–Crippen MR) is 77.0 cm³/mol. The summed E-state index contributed by atoms with van der Waals surface area (Å²) in [6, 6.07) is 5.00. The van der Waals surface area contributed by atoms with E-state index in [1.165, 1.54) is 17.0 Å². The summed E-state index contributed by atoms with van der Waals surface area (Å²) in [5.74, 6) is -2.11. The SMILES string of the molecule is CC(C)(C)OC(=O)N1CC(=O)C(C(=O)c2ccc(F)cc2)C1. The normalized spacial score (nSPS) is 18.5. The van der Waals surface area contributed by atoms with Crippen LogP contribution in [-0.2, 0) is 9.53 Å². The lowest BCUT2D eigenvalue weighted by molar-refractivity contribution is -0.118. The number of ketones is 2. The Kier molecular flexibility index (Phi) is 4.30. The smallest absolute Gasteiger partial charge is 0.410 e. The van der Waals surface area contributed by atoms with Gasteiger partial charge >= 0.3 is 6.09 Å². The third kappa shape index (κ3) is 3.69. The summed E-state index contributed by atoms with van der Waals surface area (Å²) < 4.78 is 18.1. The molecule has 0 spiro atoms. The topological polar surface area (TPSA) is 63.7 Å². The van der Waals surface area contributed by atoms with Crippen LogP contribution in [0, 0.1) is 11.7 Å². The third-order valence-corrected chi connectivity index (χ3v) is 3.24. The Balaban J connectivity index is 2.08. The molecule has 22 heavy (non-hydrogen) atoms. The largest absolute Gasteiger partial charge is 0.444 e. The maximum atomic E-state index is 12.9. The summed E-state index contributed by atoms with van der Waals surface area (Å²) in [5, 5.41) is 0. The Hall–Kier alpha value is -2.24. The highest BCUT2D eigenvalue weighted by Gasteiger charge is 2.40. The Morgan fingerprint density at radius 3 is 2.36 bits per heavy atom. The molecule has 1 aromatic carbocycles.